The second kappa shape index (κ2) is 2.31. The quantitative estimate of drug-likeness (QED) is 0.404. The number of ether oxygens (including phenoxy) is 1. The Morgan fingerprint density at radius 3 is 2.83 bits per heavy atom. The molecule has 1 saturated carbocycles. The number of hydrogen-bond donors (Lipinski definition) is 0. The van der Waals surface area contributed by atoms with Gasteiger partial charge >= 0.3 is 11.9 Å². The summed E-state index contributed by atoms with van der Waals surface area (Å²) in [5, 5.41) is 0. The number of carbonyl (C=O) groups is 2. The molecule has 1 heterocycles. The minimum atomic E-state index is -0.491. The average molecular weight is 168 g/mol. The Labute approximate surface area is 71.1 Å². The zero-order chi connectivity index (χ0) is 8.77. The second-order valence-electron chi connectivity index (χ2n) is 3.92. The first-order chi connectivity index (χ1) is 5.64. The van der Waals surface area contributed by atoms with Crippen LogP contribution in [0.15, 0.2) is 0 Å². The van der Waals surface area contributed by atoms with E-state index in [1.54, 1.807) is 0 Å². The molecule has 2 atom stereocenters. The molecule has 0 unspecified atom stereocenters. The molecule has 0 bridgehead atoms. The molecule has 1 aliphatic carbocycles. The molecule has 0 aromatic rings. The summed E-state index contributed by atoms with van der Waals surface area (Å²) in [4.78, 5) is 22.5. The highest BCUT2D eigenvalue weighted by Gasteiger charge is 2.54. The molecule has 2 fully saturated rings. The monoisotopic (exact) mass is 168 g/mol. The molecule has 0 radical (unpaired) electrons. The Balaban J connectivity index is 2.33. The van der Waals surface area contributed by atoms with Gasteiger partial charge in [0.2, 0.25) is 0 Å². The molecular formula is C9H12O3. The minimum Gasteiger partial charge on any atom is -0.392 e. The summed E-state index contributed by atoms with van der Waals surface area (Å²) in [6, 6.07) is 0. The number of cyclic esters (lactones) is 2. The smallest absolute Gasteiger partial charge is 0.320 e. The Kier molecular flexibility index (Phi) is 1.50. The van der Waals surface area contributed by atoms with Crippen LogP contribution in [0.1, 0.15) is 32.6 Å². The maximum atomic E-state index is 11.3. The summed E-state index contributed by atoms with van der Waals surface area (Å²) >= 11 is 0. The van der Waals surface area contributed by atoms with E-state index in [4.69, 9.17) is 0 Å². The van der Waals surface area contributed by atoms with Gasteiger partial charge in [0.05, 0.1) is 11.3 Å². The van der Waals surface area contributed by atoms with Crippen LogP contribution >= 0.6 is 0 Å². The van der Waals surface area contributed by atoms with Gasteiger partial charge in [0.15, 0.2) is 0 Å². The largest absolute Gasteiger partial charge is 0.392 e. The van der Waals surface area contributed by atoms with E-state index in [0.717, 1.165) is 25.7 Å². The van der Waals surface area contributed by atoms with E-state index in [9.17, 15) is 9.59 Å². The lowest BCUT2D eigenvalue weighted by molar-refractivity contribution is -0.155. The summed E-state index contributed by atoms with van der Waals surface area (Å²) in [7, 11) is 0. The molecule has 3 heteroatoms. The molecule has 66 valence electrons. The normalized spacial score (nSPS) is 40.9. The van der Waals surface area contributed by atoms with E-state index in [1.807, 2.05) is 6.92 Å². The molecule has 3 nitrogen and oxygen atoms in total. The first kappa shape index (κ1) is 7.77. The van der Waals surface area contributed by atoms with Crippen molar-refractivity contribution in [2.24, 2.45) is 11.3 Å². The third kappa shape index (κ3) is 0.822. The predicted molar refractivity (Wildman–Crippen MR) is 41.2 cm³/mol. The van der Waals surface area contributed by atoms with Crippen molar-refractivity contribution in [3.8, 4) is 0 Å². The van der Waals surface area contributed by atoms with Crippen LogP contribution in [0.3, 0.4) is 0 Å². The molecular weight excluding hydrogens is 156 g/mol. The molecule has 1 aliphatic heterocycles. The predicted octanol–water partition coefficient (Wildman–Crippen LogP) is 1.27. The van der Waals surface area contributed by atoms with Crippen LogP contribution in [-0.2, 0) is 14.3 Å². The summed E-state index contributed by atoms with van der Waals surface area (Å²) in [5.41, 5.74) is -0.491. The van der Waals surface area contributed by atoms with Gasteiger partial charge in [-0.25, -0.2) is 0 Å². The Hall–Kier alpha value is -0.860. The fraction of sp³-hybridized carbons (Fsp3) is 0.778. The molecule has 0 N–H and O–H groups in total. The van der Waals surface area contributed by atoms with Gasteiger partial charge in [-0.15, -0.1) is 0 Å². The van der Waals surface area contributed by atoms with E-state index in [0.29, 0.717) is 0 Å². The molecule has 2 aliphatic rings. The molecule has 2 rings (SSSR count). The van der Waals surface area contributed by atoms with Gasteiger partial charge in [0.25, 0.3) is 0 Å². The Bertz CT molecular complexity index is 246. The van der Waals surface area contributed by atoms with Crippen LogP contribution in [0.2, 0.25) is 0 Å². The van der Waals surface area contributed by atoms with Crippen LogP contribution in [-0.4, -0.2) is 11.9 Å². The third-order valence-corrected chi connectivity index (χ3v) is 3.15. The number of carbonyl (C=O) groups excluding carboxylic acids is 2. The van der Waals surface area contributed by atoms with Crippen molar-refractivity contribution in [3.05, 3.63) is 0 Å². The van der Waals surface area contributed by atoms with Gasteiger partial charge in [-0.1, -0.05) is 12.8 Å². The Morgan fingerprint density at radius 1 is 1.42 bits per heavy atom. The van der Waals surface area contributed by atoms with Crippen molar-refractivity contribution < 1.29 is 14.3 Å². The van der Waals surface area contributed by atoms with Crippen LogP contribution < -0.4 is 0 Å². The summed E-state index contributed by atoms with van der Waals surface area (Å²) in [6.07, 6.45) is 3.71. The fourth-order valence-corrected chi connectivity index (χ4v) is 2.23. The van der Waals surface area contributed by atoms with Crippen molar-refractivity contribution in [2.75, 3.05) is 0 Å². The van der Waals surface area contributed by atoms with Gasteiger partial charge < -0.3 is 4.74 Å². The third-order valence-electron chi connectivity index (χ3n) is 3.15. The van der Waals surface area contributed by atoms with E-state index in [2.05, 4.69) is 4.74 Å². The maximum Gasteiger partial charge on any atom is 0.320 e. The lowest BCUT2D eigenvalue weighted by Gasteiger charge is -2.29. The first-order valence-corrected chi connectivity index (χ1v) is 4.41. The van der Waals surface area contributed by atoms with Crippen LogP contribution in [0, 0.1) is 11.3 Å². The number of hydrogen-bond acceptors (Lipinski definition) is 3. The second-order valence-corrected chi connectivity index (χ2v) is 3.92. The van der Waals surface area contributed by atoms with Gasteiger partial charge in [0, 0.05) is 0 Å². The number of esters is 2. The van der Waals surface area contributed by atoms with Crippen molar-refractivity contribution in [3.63, 3.8) is 0 Å². The fourth-order valence-electron chi connectivity index (χ4n) is 2.23. The average Bonchev–Trinajstić information content (AvgIpc) is 2.25. The van der Waals surface area contributed by atoms with Crippen molar-refractivity contribution in [2.45, 2.75) is 32.6 Å². The highest BCUT2D eigenvalue weighted by atomic mass is 16.6. The van der Waals surface area contributed by atoms with Crippen molar-refractivity contribution >= 4 is 11.9 Å². The molecule has 12 heavy (non-hydrogen) atoms. The number of rotatable bonds is 0. The SMILES string of the molecule is C[C@@]12CCCC[C@@H]1C(=O)OC2=O. The topological polar surface area (TPSA) is 43.4 Å². The standard InChI is InChI=1S/C9H12O3/c1-9-5-3-2-4-6(9)7(10)12-8(9)11/h6H,2-5H2,1H3/t6-,9-/m1/s1. The zero-order valence-electron chi connectivity index (χ0n) is 7.13. The lowest BCUT2D eigenvalue weighted by Crippen LogP contribution is -2.33. The lowest BCUT2D eigenvalue weighted by atomic mass is 9.69. The summed E-state index contributed by atoms with van der Waals surface area (Å²) in [6.45, 7) is 1.85. The molecule has 0 spiro atoms. The van der Waals surface area contributed by atoms with E-state index >= 15 is 0 Å². The maximum absolute atomic E-state index is 11.3. The van der Waals surface area contributed by atoms with Gasteiger partial charge in [0.1, 0.15) is 0 Å². The summed E-state index contributed by atoms with van der Waals surface area (Å²) < 4.78 is 4.63. The summed E-state index contributed by atoms with van der Waals surface area (Å²) in [5.74, 6) is -0.766. The van der Waals surface area contributed by atoms with Crippen LogP contribution in [0.25, 0.3) is 0 Å². The highest BCUT2D eigenvalue weighted by Crippen LogP contribution is 2.46. The minimum absolute atomic E-state index is 0.154. The van der Waals surface area contributed by atoms with E-state index < -0.39 is 5.41 Å². The molecule has 0 aromatic carbocycles. The van der Waals surface area contributed by atoms with Crippen molar-refractivity contribution in [1.29, 1.82) is 0 Å². The highest BCUT2D eigenvalue weighted by molar-refractivity contribution is 5.99. The molecule has 1 saturated heterocycles. The number of fused-ring (bicyclic) bond motifs is 1. The van der Waals surface area contributed by atoms with Crippen LogP contribution in [0.4, 0.5) is 0 Å². The molecule has 0 amide bonds. The van der Waals surface area contributed by atoms with Crippen LogP contribution in [0.5, 0.6) is 0 Å². The zero-order valence-corrected chi connectivity index (χ0v) is 7.13. The van der Waals surface area contributed by atoms with Gasteiger partial charge in [-0.05, 0) is 19.8 Å². The van der Waals surface area contributed by atoms with Gasteiger partial charge in [-0.2, -0.15) is 0 Å². The Morgan fingerprint density at radius 2 is 2.17 bits per heavy atom. The molecule has 0 aromatic heterocycles. The van der Waals surface area contributed by atoms with E-state index in [-0.39, 0.29) is 17.9 Å². The van der Waals surface area contributed by atoms with Gasteiger partial charge in [-0.3, -0.25) is 9.59 Å². The first-order valence-electron chi connectivity index (χ1n) is 4.41. The van der Waals surface area contributed by atoms with E-state index in [1.165, 1.54) is 0 Å². The van der Waals surface area contributed by atoms with Crippen molar-refractivity contribution in [1.82, 2.24) is 0 Å².